The van der Waals surface area contributed by atoms with Gasteiger partial charge in [0.05, 0.1) is 22.5 Å². The molecule has 3 rings (SSSR count). The Morgan fingerprint density at radius 1 is 1.13 bits per heavy atom. The highest BCUT2D eigenvalue weighted by Crippen LogP contribution is 2.36. The summed E-state index contributed by atoms with van der Waals surface area (Å²) in [6.07, 6.45) is -4.34. The zero-order valence-corrected chi connectivity index (χ0v) is 17.6. The number of fused-ring (bicyclic) bond motifs is 1. The van der Waals surface area contributed by atoms with Gasteiger partial charge < -0.3 is 9.30 Å². The van der Waals surface area contributed by atoms with Crippen molar-refractivity contribution in [3.05, 3.63) is 48.0 Å². The molecule has 0 saturated heterocycles. The van der Waals surface area contributed by atoms with E-state index in [1.807, 2.05) is 6.92 Å². The van der Waals surface area contributed by atoms with Gasteiger partial charge in [0.1, 0.15) is 11.8 Å². The predicted octanol–water partition coefficient (Wildman–Crippen LogP) is 5.25. The standard InChI is InChI=1S/C21H20F3N3O3S/c1-3-11-31(28,29)26-15-7-5-14(6-8-15)20-18(13-25)17-10-9-16(30-21(22,23)24)12-19(17)27(20)4-2/h5-10,12,26H,3-4,11H2,1-2H3. The van der Waals surface area contributed by atoms with E-state index in [1.54, 1.807) is 35.8 Å². The number of hydrogen-bond acceptors (Lipinski definition) is 4. The van der Waals surface area contributed by atoms with Crippen LogP contribution in [0.25, 0.3) is 22.2 Å². The molecule has 2 aromatic carbocycles. The molecule has 1 aromatic heterocycles. The molecule has 3 aromatic rings. The van der Waals surface area contributed by atoms with Gasteiger partial charge in [0.2, 0.25) is 10.0 Å². The second kappa shape index (κ2) is 8.51. The van der Waals surface area contributed by atoms with Crippen LogP contribution < -0.4 is 9.46 Å². The number of nitriles is 1. The fourth-order valence-electron chi connectivity index (χ4n) is 3.46. The fraction of sp³-hybridized carbons (Fsp3) is 0.286. The third kappa shape index (κ3) is 4.94. The average molecular weight is 451 g/mol. The Balaban J connectivity index is 2.08. The normalized spacial score (nSPS) is 12.0. The molecule has 0 bridgehead atoms. The number of aryl methyl sites for hydroxylation is 1. The first-order chi connectivity index (χ1) is 14.6. The van der Waals surface area contributed by atoms with E-state index < -0.39 is 16.4 Å². The molecule has 0 spiro atoms. The number of hydrogen-bond donors (Lipinski definition) is 1. The van der Waals surface area contributed by atoms with Crippen molar-refractivity contribution in [1.29, 1.82) is 5.26 Å². The summed E-state index contributed by atoms with van der Waals surface area (Å²) in [5.74, 6) is -0.372. The number of anilines is 1. The van der Waals surface area contributed by atoms with Crippen molar-refractivity contribution in [2.75, 3.05) is 10.5 Å². The smallest absolute Gasteiger partial charge is 0.406 e. The molecule has 0 aliphatic heterocycles. The first kappa shape index (κ1) is 22.5. The minimum Gasteiger partial charge on any atom is -0.406 e. The molecule has 0 amide bonds. The van der Waals surface area contributed by atoms with Crippen molar-refractivity contribution >= 4 is 26.6 Å². The minimum atomic E-state index is -4.82. The summed E-state index contributed by atoms with van der Waals surface area (Å²) >= 11 is 0. The van der Waals surface area contributed by atoms with Crippen LogP contribution >= 0.6 is 0 Å². The zero-order chi connectivity index (χ0) is 22.8. The van der Waals surface area contributed by atoms with Gasteiger partial charge in [-0.25, -0.2) is 8.42 Å². The van der Waals surface area contributed by atoms with Crippen LogP contribution in [0.2, 0.25) is 0 Å². The monoisotopic (exact) mass is 451 g/mol. The van der Waals surface area contributed by atoms with Crippen LogP contribution in [0.5, 0.6) is 5.75 Å². The number of aromatic nitrogens is 1. The number of nitrogens with one attached hydrogen (secondary N) is 1. The highest BCUT2D eigenvalue weighted by molar-refractivity contribution is 7.92. The lowest BCUT2D eigenvalue weighted by molar-refractivity contribution is -0.274. The average Bonchev–Trinajstić information content (AvgIpc) is 2.99. The van der Waals surface area contributed by atoms with Crippen LogP contribution in [-0.4, -0.2) is 25.1 Å². The molecular formula is C21H20F3N3O3S. The number of nitrogens with zero attached hydrogens (tertiary/aromatic N) is 2. The van der Waals surface area contributed by atoms with Gasteiger partial charge in [0.15, 0.2) is 0 Å². The Morgan fingerprint density at radius 2 is 1.81 bits per heavy atom. The predicted molar refractivity (Wildman–Crippen MR) is 112 cm³/mol. The van der Waals surface area contributed by atoms with Crippen LogP contribution in [0.4, 0.5) is 18.9 Å². The molecule has 0 saturated carbocycles. The van der Waals surface area contributed by atoms with Gasteiger partial charge in [-0.1, -0.05) is 19.1 Å². The fourth-order valence-corrected chi connectivity index (χ4v) is 4.60. The van der Waals surface area contributed by atoms with Crippen molar-refractivity contribution in [3.63, 3.8) is 0 Å². The van der Waals surface area contributed by atoms with E-state index in [0.717, 1.165) is 0 Å². The number of alkyl halides is 3. The van der Waals surface area contributed by atoms with E-state index in [2.05, 4.69) is 15.5 Å². The number of rotatable bonds is 7. The summed E-state index contributed by atoms with van der Waals surface area (Å²) in [7, 11) is -3.44. The third-order valence-corrected chi connectivity index (χ3v) is 6.09. The zero-order valence-electron chi connectivity index (χ0n) is 16.8. The molecule has 6 nitrogen and oxygen atoms in total. The molecule has 0 aliphatic rings. The highest BCUT2D eigenvalue weighted by Gasteiger charge is 2.31. The Bertz CT molecular complexity index is 1240. The largest absolute Gasteiger partial charge is 0.573 e. The van der Waals surface area contributed by atoms with Gasteiger partial charge in [0.25, 0.3) is 0 Å². The summed E-state index contributed by atoms with van der Waals surface area (Å²) < 4.78 is 70.0. The molecule has 31 heavy (non-hydrogen) atoms. The lowest BCUT2D eigenvalue weighted by Crippen LogP contribution is -2.17. The maximum Gasteiger partial charge on any atom is 0.573 e. The van der Waals surface area contributed by atoms with Crippen LogP contribution in [0, 0.1) is 11.3 Å². The molecule has 0 radical (unpaired) electrons. The van der Waals surface area contributed by atoms with E-state index in [-0.39, 0.29) is 11.5 Å². The lowest BCUT2D eigenvalue weighted by atomic mass is 10.1. The maximum atomic E-state index is 12.6. The first-order valence-electron chi connectivity index (χ1n) is 9.51. The highest BCUT2D eigenvalue weighted by atomic mass is 32.2. The molecule has 1 heterocycles. The Hall–Kier alpha value is -3.19. The van der Waals surface area contributed by atoms with Gasteiger partial charge >= 0.3 is 6.36 Å². The number of halogens is 3. The van der Waals surface area contributed by atoms with Gasteiger partial charge in [0, 0.05) is 23.7 Å². The minimum absolute atomic E-state index is 0.000261. The van der Waals surface area contributed by atoms with E-state index in [1.165, 1.54) is 18.2 Å². The Labute approximate surface area is 177 Å². The molecule has 0 unspecified atom stereocenters. The molecule has 10 heteroatoms. The van der Waals surface area contributed by atoms with Gasteiger partial charge in [-0.05, 0) is 43.2 Å². The van der Waals surface area contributed by atoms with Crippen LogP contribution in [-0.2, 0) is 16.6 Å². The van der Waals surface area contributed by atoms with Gasteiger partial charge in [-0.2, -0.15) is 5.26 Å². The molecule has 1 N–H and O–H groups in total. The van der Waals surface area contributed by atoms with Crippen molar-refractivity contribution in [2.45, 2.75) is 33.2 Å². The van der Waals surface area contributed by atoms with Crippen molar-refractivity contribution < 1.29 is 26.3 Å². The second-order valence-corrected chi connectivity index (χ2v) is 8.65. The van der Waals surface area contributed by atoms with E-state index in [0.29, 0.717) is 46.4 Å². The van der Waals surface area contributed by atoms with E-state index >= 15 is 0 Å². The maximum absolute atomic E-state index is 12.6. The summed E-state index contributed by atoms with van der Waals surface area (Å²) in [6.45, 7) is 3.98. The van der Waals surface area contributed by atoms with Crippen molar-refractivity contribution in [1.82, 2.24) is 4.57 Å². The third-order valence-electron chi connectivity index (χ3n) is 4.60. The van der Waals surface area contributed by atoms with E-state index in [4.69, 9.17) is 0 Å². The molecule has 0 atom stereocenters. The molecule has 164 valence electrons. The van der Waals surface area contributed by atoms with Crippen LogP contribution in [0.3, 0.4) is 0 Å². The molecule has 0 fully saturated rings. The second-order valence-electron chi connectivity index (χ2n) is 6.80. The quantitative estimate of drug-likeness (QED) is 0.532. The number of benzene rings is 2. The SMILES string of the molecule is CCCS(=O)(=O)Nc1ccc(-c2c(C#N)c3ccc(OC(F)(F)F)cc3n2CC)cc1. The summed E-state index contributed by atoms with van der Waals surface area (Å²) in [5.41, 5.74) is 2.30. The summed E-state index contributed by atoms with van der Waals surface area (Å²) in [4.78, 5) is 0. The van der Waals surface area contributed by atoms with Gasteiger partial charge in [-0.15, -0.1) is 13.2 Å². The number of ether oxygens (including phenoxy) is 1. The summed E-state index contributed by atoms with van der Waals surface area (Å²) in [5, 5.41) is 10.2. The van der Waals surface area contributed by atoms with Gasteiger partial charge in [-0.3, -0.25) is 4.72 Å². The Morgan fingerprint density at radius 3 is 2.35 bits per heavy atom. The van der Waals surface area contributed by atoms with E-state index in [9.17, 15) is 26.9 Å². The molecular weight excluding hydrogens is 431 g/mol. The summed E-state index contributed by atoms with van der Waals surface area (Å²) in [6, 6.07) is 12.5. The topological polar surface area (TPSA) is 84.1 Å². The number of sulfonamides is 1. The van der Waals surface area contributed by atoms with Crippen molar-refractivity contribution in [3.8, 4) is 23.1 Å². The molecule has 0 aliphatic carbocycles. The van der Waals surface area contributed by atoms with Crippen LogP contribution in [0.1, 0.15) is 25.8 Å². The van der Waals surface area contributed by atoms with Crippen LogP contribution in [0.15, 0.2) is 42.5 Å². The first-order valence-corrected chi connectivity index (χ1v) is 11.2. The Kier molecular flexibility index (Phi) is 6.18. The lowest BCUT2D eigenvalue weighted by Gasteiger charge is -2.12. The van der Waals surface area contributed by atoms with Crippen molar-refractivity contribution in [2.24, 2.45) is 0 Å².